The average Bonchev–Trinajstić information content (AvgIpc) is 2.56. The zero-order valence-electron chi connectivity index (χ0n) is 8.16. The third-order valence-electron chi connectivity index (χ3n) is 2.35. The van der Waals surface area contributed by atoms with E-state index >= 15 is 0 Å². The fourth-order valence-corrected chi connectivity index (χ4v) is 1.96. The number of aromatic nitrogens is 2. The van der Waals surface area contributed by atoms with E-state index in [1.165, 1.54) is 0 Å². The van der Waals surface area contributed by atoms with E-state index in [0.717, 1.165) is 15.9 Å². The summed E-state index contributed by atoms with van der Waals surface area (Å²) in [5, 5.41) is 3.18. The molecular weight excluding hydrogens is 242 g/mol. The topological polar surface area (TPSA) is 29.3 Å². The van der Waals surface area contributed by atoms with Gasteiger partial charge in [0.2, 0.25) is 0 Å². The second kappa shape index (κ2) is 3.71. The minimum Gasteiger partial charge on any atom is -0.311 e. The highest BCUT2D eigenvalue weighted by molar-refractivity contribution is 9.10. The van der Waals surface area contributed by atoms with E-state index in [1.807, 2.05) is 31.4 Å². The molecule has 0 aliphatic rings. The summed E-state index contributed by atoms with van der Waals surface area (Å²) in [5.41, 5.74) is 1.10. The molecule has 4 heteroatoms. The first-order valence-electron chi connectivity index (χ1n) is 4.53. The second-order valence-corrected chi connectivity index (χ2v) is 3.98. The number of halogens is 1. The van der Waals surface area contributed by atoms with Crippen molar-refractivity contribution in [3.63, 3.8) is 0 Å². The molecule has 14 heavy (non-hydrogen) atoms. The van der Waals surface area contributed by atoms with Crippen molar-refractivity contribution in [2.75, 3.05) is 7.05 Å². The molecule has 0 fully saturated rings. The summed E-state index contributed by atoms with van der Waals surface area (Å²) in [6.45, 7) is 2.09. The van der Waals surface area contributed by atoms with Gasteiger partial charge in [0, 0.05) is 6.20 Å². The van der Waals surface area contributed by atoms with Crippen molar-refractivity contribution < 1.29 is 0 Å². The molecule has 0 aliphatic heterocycles. The minimum absolute atomic E-state index is 0.246. The molecule has 0 bridgehead atoms. The Morgan fingerprint density at radius 3 is 3.00 bits per heavy atom. The molecule has 0 radical (unpaired) electrons. The molecule has 2 rings (SSSR count). The quantitative estimate of drug-likeness (QED) is 0.891. The van der Waals surface area contributed by atoms with Crippen molar-refractivity contribution in [2.24, 2.45) is 0 Å². The van der Waals surface area contributed by atoms with E-state index in [1.54, 1.807) is 0 Å². The van der Waals surface area contributed by atoms with Crippen LogP contribution in [0, 0.1) is 0 Å². The zero-order chi connectivity index (χ0) is 10.1. The number of nitrogens with zero attached hydrogens (tertiary/aromatic N) is 2. The van der Waals surface area contributed by atoms with Gasteiger partial charge in [-0.25, -0.2) is 4.98 Å². The maximum atomic E-state index is 4.48. The summed E-state index contributed by atoms with van der Waals surface area (Å²) >= 11 is 3.46. The van der Waals surface area contributed by atoms with Crippen LogP contribution in [-0.4, -0.2) is 16.4 Å². The Hall–Kier alpha value is -0.870. The largest absolute Gasteiger partial charge is 0.311 e. The highest BCUT2D eigenvalue weighted by atomic mass is 79.9. The number of hydrogen-bond acceptors (Lipinski definition) is 2. The molecule has 1 unspecified atom stereocenters. The summed E-state index contributed by atoms with van der Waals surface area (Å²) < 4.78 is 2.99. The number of fused-ring (bicyclic) bond motifs is 1. The predicted molar refractivity (Wildman–Crippen MR) is 60.4 cm³/mol. The smallest absolute Gasteiger partial charge is 0.132 e. The van der Waals surface area contributed by atoms with Gasteiger partial charge in [-0.05, 0) is 42.0 Å². The van der Waals surface area contributed by atoms with Crippen LogP contribution < -0.4 is 5.32 Å². The maximum Gasteiger partial charge on any atom is 0.132 e. The minimum atomic E-state index is 0.246. The average molecular weight is 254 g/mol. The van der Waals surface area contributed by atoms with Crippen LogP contribution in [-0.2, 0) is 0 Å². The van der Waals surface area contributed by atoms with Crippen LogP contribution in [0.25, 0.3) is 5.52 Å². The molecule has 0 aromatic carbocycles. The van der Waals surface area contributed by atoms with E-state index in [4.69, 9.17) is 0 Å². The first kappa shape index (κ1) is 9.68. The van der Waals surface area contributed by atoms with Gasteiger partial charge in [0.05, 0.1) is 11.6 Å². The Kier molecular flexibility index (Phi) is 2.56. The highest BCUT2D eigenvalue weighted by Crippen LogP contribution is 2.21. The number of pyridine rings is 1. The molecule has 2 heterocycles. The first-order chi connectivity index (χ1) is 6.74. The molecule has 2 aromatic heterocycles. The predicted octanol–water partition coefficient (Wildman–Crippen LogP) is 2.38. The Bertz CT molecular complexity index is 450. The molecule has 2 aromatic rings. The monoisotopic (exact) mass is 253 g/mol. The van der Waals surface area contributed by atoms with E-state index in [0.29, 0.717) is 0 Å². The van der Waals surface area contributed by atoms with E-state index in [2.05, 4.69) is 37.6 Å². The summed E-state index contributed by atoms with van der Waals surface area (Å²) in [6.07, 6.45) is 2.02. The third-order valence-corrected chi connectivity index (χ3v) is 2.93. The van der Waals surface area contributed by atoms with Gasteiger partial charge in [-0.2, -0.15) is 0 Å². The van der Waals surface area contributed by atoms with Crippen LogP contribution in [0.3, 0.4) is 0 Å². The van der Waals surface area contributed by atoms with E-state index in [-0.39, 0.29) is 6.04 Å². The molecule has 0 saturated carbocycles. The summed E-state index contributed by atoms with van der Waals surface area (Å²) in [5.74, 6) is 1.02. The van der Waals surface area contributed by atoms with Crippen LogP contribution in [0.4, 0.5) is 0 Å². The SMILES string of the molecule is CNC(C)c1nc(Br)c2ccccn12. The fraction of sp³-hybridized carbons (Fsp3) is 0.300. The van der Waals surface area contributed by atoms with Crippen LogP contribution >= 0.6 is 15.9 Å². The Morgan fingerprint density at radius 2 is 2.29 bits per heavy atom. The maximum absolute atomic E-state index is 4.48. The lowest BCUT2D eigenvalue weighted by Gasteiger charge is -2.08. The molecular formula is C10H12BrN3. The van der Waals surface area contributed by atoms with Crippen molar-refractivity contribution in [3.05, 3.63) is 34.8 Å². The molecule has 1 atom stereocenters. The van der Waals surface area contributed by atoms with Gasteiger partial charge in [-0.15, -0.1) is 0 Å². The molecule has 74 valence electrons. The number of nitrogens with one attached hydrogen (secondary N) is 1. The van der Waals surface area contributed by atoms with E-state index in [9.17, 15) is 0 Å². The summed E-state index contributed by atoms with van der Waals surface area (Å²) in [6, 6.07) is 6.31. The van der Waals surface area contributed by atoms with Gasteiger partial charge < -0.3 is 9.72 Å². The van der Waals surface area contributed by atoms with Gasteiger partial charge in [0.15, 0.2) is 0 Å². The van der Waals surface area contributed by atoms with Gasteiger partial charge in [-0.3, -0.25) is 0 Å². The van der Waals surface area contributed by atoms with Gasteiger partial charge in [-0.1, -0.05) is 6.07 Å². The highest BCUT2D eigenvalue weighted by Gasteiger charge is 2.12. The Morgan fingerprint density at radius 1 is 1.50 bits per heavy atom. The van der Waals surface area contributed by atoms with Gasteiger partial charge >= 0.3 is 0 Å². The molecule has 1 N–H and O–H groups in total. The summed E-state index contributed by atoms with van der Waals surface area (Å²) in [4.78, 5) is 4.48. The number of imidazole rings is 1. The molecule has 0 aliphatic carbocycles. The van der Waals surface area contributed by atoms with Crippen LogP contribution in [0.5, 0.6) is 0 Å². The molecule has 0 saturated heterocycles. The lowest BCUT2D eigenvalue weighted by atomic mass is 10.3. The first-order valence-corrected chi connectivity index (χ1v) is 5.33. The Balaban J connectivity index is 2.66. The summed E-state index contributed by atoms with van der Waals surface area (Å²) in [7, 11) is 1.93. The van der Waals surface area contributed by atoms with Crippen LogP contribution in [0.2, 0.25) is 0 Å². The fourth-order valence-electron chi connectivity index (χ4n) is 1.46. The zero-order valence-corrected chi connectivity index (χ0v) is 9.75. The molecule has 3 nitrogen and oxygen atoms in total. The van der Waals surface area contributed by atoms with Crippen LogP contribution in [0.15, 0.2) is 29.0 Å². The second-order valence-electron chi connectivity index (χ2n) is 3.23. The molecule has 0 spiro atoms. The third kappa shape index (κ3) is 1.44. The lowest BCUT2D eigenvalue weighted by molar-refractivity contribution is 0.607. The lowest BCUT2D eigenvalue weighted by Crippen LogP contribution is -2.15. The Labute approximate surface area is 91.3 Å². The molecule has 0 amide bonds. The van der Waals surface area contributed by atoms with Crippen molar-refractivity contribution in [1.29, 1.82) is 0 Å². The normalized spacial score (nSPS) is 13.4. The standard InChI is InChI=1S/C10H12BrN3/c1-7(12-2)10-13-9(11)8-5-3-4-6-14(8)10/h3-7,12H,1-2H3. The number of hydrogen-bond donors (Lipinski definition) is 1. The van der Waals surface area contributed by atoms with Crippen LogP contribution in [0.1, 0.15) is 18.8 Å². The van der Waals surface area contributed by atoms with Gasteiger partial charge in [0.25, 0.3) is 0 Å². The van der Waals surface area contributed by atoms with E-state index < -0.39 is 0 Å². The van der Waals surface area contributed by atoms with Gasteiger partial charge in [0.1, 0.15) is 10.4 Å². The van der Waals surface area contributed by atoms with Crippen molar-refractivity contribution in [1.82, 2.24) is 14.7 Å². The van der Waals surface area contributed by atoms with Crippen molar-refractivity contribution in [3.8, 4) is 0 Å². The van der Waals surface area contributed by atoms with Crippen molar-refractivity contribution in [2.45, 2.75) is 13.0 Å². The van der Waals surface area contributed by atoms with Crippen molar-refractivity contribution >= 4 is 21.4 Å². The number of rotatable bonds is 2.